The fraction of sp³-hybridized carbons (Fsp3) is 0.429. The molecule has 1 aliphatic carbocycles. The number of rotatable bonds is 5. The Hall–Kier alpha value is -1.69. The van der Waals surface area contributed by atoms with Crippen molar-refractivity contribution in [1.82, 2.24) is 0 Å². The van der Waals surface area contributed by atoms with Gasteiger partial charge in [0.25, 0.3) is 0 Å². The SMILES string of the molecule is CC(C)(C(=O)O)S(=O)(=O)c1ccc(C(=O)C2CC2)cc1. The van der Waals surface area contributed by atoms with Crippen LogP contribution in [0.5, 0.6) is 0 Å². The van der Waals surface area contributed by atoms with Crippen LogP contribution in [0.25, 0.3) is 0 Å². The molecule has 1 aromatic rings. The lowest BCUT2D eigenvalue weighted by Gasteiger charge is -2.19. The van der Waals surface area contributed by atoms with E-state index >= 15 is 0 Å². The molecule has 1 aliphatic rings. The van der Waals surface area contributed by atoms with Crippen molar-refractivity contribution >= 4 is 21.6 Å². The van der Waals surface area contributed by atoms with Gasteiger partial charge < -0.3 is 5.11 Å². The lowest BCUT2D eigenvalue weighted by Crippen LogP contribution is -2.40. The van der Waals surface area contributed by atoms with Crippen molar-refractivity contribution in [1.29, 1.82) is 0 Å². The molecule has 2 rings (SSSR count). The molecule has 0 radical (unpaired) electrons. The van der Waals surface area contributed by atoms with Crippen LogP contribution in [0.4, 0.5) is 0 Å². The minimum atomic E-state index is -4.00. The van der Waals surface area contributed by atoms with Crippen molar-refractivity contribution in [3.05, 3.63) is 29.8 Å². The molecule has 6 heteroatoms. The molecule has 1 N–H and O–H groups in total. The van der Waals surface area contributed by atoms with Gasteiger partial charge in [0.1, 0.15) is 0 Å². The van der Waals surface area contributed by atoms with Crippen LogP contribution in [0.3, 0.4) is 0 Å². The zero-order chi connectivity index (χ0) is 15.1. The summed E-state index contributed by atoms with van der Waals surface area (Å²) < 4.78 is 22.6. The fourth-order valence-electron chi connectivity index (χ4n) is 1.79. The molecule has 0 saturated heterocycles. The van der Waals surface area contributed by atoms with E-state index < -0.39 is 20.6 Å². The highest BCUT2D eigenvalue weighted by atomic mass is 32.2. The Morgan fingerprint density at radius 3 is 2.05 bits per heavy atom. The van der Waals surface area contributed by atoms with Crippen molar-refractivity contribution in [2.24, 2.45) is 5.92 Å². The number of carbonyl (C=O) groups is 2. The Morgan fingerprint density at radius 2 is 1.65 bits per heavy atom. The number of Topliss-reactive ketones (excluding diaryl/α,β-unsaturated/α-hetero) is 1. The van der Waals surface area contributed by atoms with Gasteiger partial charge in [0.15, 0.2) is 20.4 Å². The fourth-order valence-corrected chi connectivity index (χ4v) is 3.10. The standard InChI is InChI=1S/C14H16O5S/c1-14(2,13(16)17)20(18,19)11-7-5-10(6-8-11)12(15)9-3-4-9/h5-9H,3-4H2,1-2H3,(H,16,17). The highest BCUT2D eigenvalue weighted by Gasteiger charge is 2.43. The van der Waals surface area contributed by atoms with Crippen molar-refractivity contribution in [2.75, 3.05) is 0 Å². The van der Waals surface area contributed by atoms with E-state index in [0.29, 0.717) is 5.56 Å². The molecule has 0 amide bonds. The van der Waals surface area contributed by atoms with Gasteiger partial charge in [-0.15, -0.1) is 0 Å². The third-order valence-electron chi connectivity index (χ3n) is 3.58. The first-order valence-electron chi connectivity index (χ1n) is 6.30. The topological polar surface area (TPSA) is 88.5 Å². The highest BCUT2D eigenvalue weighted by molar-refractivity contribution is 7.93. The summed E-state index contributed by atoms with van der Waals surface area (Å²) in [6.45, 7) is 2.29. The van der Waals surface area contributed by atoms with E-state index in [1.54, 1.807) is 0 Å². The number of carbonyl (C=O) groups excluding carboxylic acids is 1. The third-order valence-corrected chi connectivity index (χ3v) is 6.00. The summed E-state index contributed by atoms with van der Waals surface area (Å²) in [6.07, 6.45) is 1.76. The van der Waals surface area contributed by atoms with Gasteiger partial charge in [-0.2, -0.15) is 0 Å². The highest BCUT2D eigenvalue weighted by Crippen LogP contribution is 2.33. The summed E-state index contributed by atoms with van der Waals surface area (Å²) in [6, 6.07) is 5.50. The Kier molecular flexibility index (Phi) is 3.46. The molecule has 0 atom stereocenters. The number of aliphatic carboxylic acids is 1. The van der Waals surface area contributed by atoms with E-state index in [1.807, 2.05) is 0 Å². The molecule has 1 saturated carbocycles. The van der Waals surface area contributed by atoms with Crippen LogP contribution in [0.1, 0.15) is 37.0 Å². The Labute approximate surface area is 117 Å². The normalized spacial score (nSPS) is 15.9. The quantitative estimate of drug-likeness (QED) is 0.838. The van der Waals surface area contributed by atoms with Crippen LogP contribution in [0, 0.1) is 5.92 Å². The molecule has 0 bridgehead atoms. The minimum absolute atomic E-state index is 0.0199. The number of hydrogen-bond donors (Lipinski definition) is 1. The minimum Gasteiger partial charge on any atom is -0.480 e. The summed E-state index contributed by atoms with van der Waals surface area (Å²) in [5.41, 5.74) is 0.472. The second kappa shape index (κ2) is 4.70. The van der Waals surface area contributed by atoms with Crippen molar-refractivity contribution < 1.29 is 23.1 Å². The Morgan fingerprint density at radius 1 is 1.15 bits per heavy atom. The number of carboxylic acid groups (broad SMARTS) is 1. The van der Waals surface area contributed by atoms with Gasteiger partial charge in [-0.3, -0.25) is 9.59 Å². The maximum absolute atomic E-state index is 12.3. The maximum atomic E-state index is 12.3. The summed E-state index contributed by atoms with van der Waals surface area (Å²) >= 11 is 0. The van der Waals surface area contributed by atoms with Gasteiger partial charge in [-0.25, -0.2) is 8.42 Å². The van der Waals surface area contributed by atoms with E-state index in [9.17, 15) is 18.0 Å². The van der Waals surface area contributed by atoms with Crippen molar-refractivity contribution in [3.8, 4) is 0 Å². The van der Waals surface area contributed by atoms with Gasteiger partial charge in [-0.05, 0) is 38.8 Å². The van der Waals surface area contributed by atoms with Crippen LogP contribution in [-0.4, -0.2) is 30.0 Å². The molecule has 1 fully saturated rings. The summed E-state index contributed by atoms with van der Waals surface area (Å²) in [5.74, 6) is -1.32. The first-order chi connectivity index (χ1) is 9.18. The van der Waals surface area contributed by atoms with E-state index in [0.717, 1.165) is 26.7 Å². The first-order valence-corrected chi connectivity index (χ1v) is 7.78. The van der Waals surface area contributed by atoms with Crippen LogP contribution in [-0.2, 0) is 14.6 Å². The van der Waals surface area contributed by atoms with Crippen LogP contribution in [0.15, 0.2) is 29.2 Å². The van der Waals surface area contributed by atoms with Crippen molar-refractivity contribution in [3.63, 3.8) is 0 Å². The molecule has 0 unspecified atom stereocenters. The zero-order valence-corrected chi connectivity index (χ0v) is 12.1. The van der Waals surface area contributed by atoms with E-state index in [2.05, 4.69) is 0 Å². The predicted octanol–water partition coefficient (Wildman–Crippen LogP) is 1.92. The monoisotopic (exact) mass is 296 g/mol. The Balaban J connectivity index is 2.34. The van der Waals surface area contributed by atoms with Gasteiger partial charge >= 0.3 is 5.97 Å². The van der Waals surface area contributed by atoms with Crippen LogP contribution >= 0.6 is 0 Å². The largest absolute Gasteiger partial charge is 0.480 e. The molecule has 5 nitrogen and oxygen atoms in total. The zero-order valence-electron chi connectivity index (χ0n) is 11.3. The van der Waals surface area contributed by atoms with Gasteiger partial charge in [0, 0.05) is 11.5 Å². The van der Waals surface area contributed by atoms with Crippen LogP contribution < -0.4 is 0 Å². The van der Waals surface area contributed by atoms with Crippen molar-refractivity contribution in [2.45, 2.75) is 36.3 Å². The maximum Gasteiger partial charge on any atom is 0.324 e. The number of carboxylic acids is 1. The summed E-state index contributed by atoms with van der Waals surface area (Å²) in [5, 5.41) is 9.03. The molecule has 0 aliphatic heterocycles. The number of ketones is 1. The Bertz CT molecular complexity index is 651. The average Bonchev–Trinajstić information content (AvgIpc) is 3.22. The van der Waals surface area contributed by atoms with Gasteiger partial charge in [0.2, 0.25) is 0 Å². The summed E-state index contributed by atoms with van der Waals surface area (Å²) in [7, 11) is -4.00. The molecule has 20 heavy (non-hydrogen) atoms. The molecule has 0 heterocycles. The third kappa shape index (κ3) is 2.35. The second-order valence-electron chi connectivity index (χ2n) is 5.48. The van der Waals surface area contributed by atoms with E-state index in [-0.39, 0.29) is 16.6 Å². The molecular weight excluding hydrogens is 280 g/mol. The summed E-state index contributed by atoms with van der Waals surface area (Å²) in [4.78, 5) is 22.8. The molecule has 108 valence electrons. The number of hydrogen-bond acceptors (Lipinski definition) is 4. The number of benzene rings is 1. The van der Waals surface area contributed by atoms with Crippen LogP contribution in [0.2, 0.25) is 0 Å². The van der Waals surface area contributed by atoms with Gasteiger partial charge in [-0.1, -0.05) is 12.1 Å². The smallest absolute Gasteiger partial charge is 0.324 e. The van der Waals surface area contributed by atoms with E-state index in [4.69, 9.17) is 5.11 Å². The van der Waals surface area contributed by atoms with Gasteiger partial charge in [0.05, 0.1) is 4.90 Å². The first kappa shape index (κ1) is 14.7. The lowest BCUT2D eigenvalue weighted by atomic mass is 10.1. The average molecular weight is 296 g/mol. The number of sulfone groups is 1. The lowest BCUT2D eigenvalue weighted by molar-refractivity contribution is -0.139. The molecule has 0 spiro atoms. The molecule has 0 aromatic heterocycles. The predicted molar refractivity (Wildman–Crippen MR) is 72.4 cm³/mol. The second-order valence-corrected chi connectivity index (χ2v) is 7.98. The molecule has 1 aromatic carbocycles. The molecular formula is C14H16O5S. The van der Waals surface area contributed by atoms with E-state index in [1.165, 1.54) is 24.3 Å².